The topological polar surface area (TPSA) is 66.5 Å². The predicted molar refractivity (Wildman–Crippen MR) is 105 cm³/mol. The van der Waals surface area contributed by atoms with Crippen molar-refractivity contribution < 1.29 is 0 Å². The Morgan fingerprint density at radius 3 is 2.35 bits per heavy atom. The highest BCUT2D eigenvalue weighted by atomic mass is 35.5. The SMILES string of the molecule is Cc1cc(Nc2nc(-c3ccccc3)cc(-c3ccccc3Cl)n2)n[nH]1. The number of hydrogen-bond acceptors (Lipinski definition) is 4. The van der Waals surface area contributed by atoms with Gasteiger partial charge in [0, 0.05) is 27.9 Å². The number of rotatable bonds is 4. The minimum Gasteiger partial charge on any atom is -0.307 e. The largest absolute Gasteiger partial charge is 0.307 e. The number of hydrogen-bond donors (Lipinski definition) is 2. The Morgan fingerprint density at radius 2 is 1.62 bits per heavy atom. The molecule has 0 aliphatic carbocycles. The zero-order valence-electron chi connectivity index (χ0n) is 14.1. The predicted octanol–water partition coefficient (Wildman–Crippen LogP) is 5.24. The van der Waals surface area contributed by atoms with Gasteiger partial charge >= 0.3 is 0 Å². The van der Waals surface area contributed by atoms with E-state index in [0.717, 1.165) is 28.2 Å². The van der Waals surface area contributed by atoms with Crippen LogP contribution >= 0.6 is 11.6 Å². The second kappa shape index (κ2) is 6.98. The van der Waals surface area contributed by atoms with Crippen LogP contribution in [0, 0.1) is 6.92 Å². The van der Waals surface area contributed by atoms with Gasteiger partial charge in [-0.1, -0.05) is 60.1 Å². The van der Waals surface area contributed by atoms with E-state index in [9.17, 15) is 0 Å². The van der Waals surface area contributed by atoms with Gasteiger partial charge in [0.2, 0.25) is 5.95 Å². The van der Waals surface area contributed by atoms with Crippen LogP contribution in [0.5, 0.6) is 0 Å². The van der Waals surface area contributed by atoms with E-state index in [1.54, 1.807) is 0 Å². The summed E-state index contributed by atoms with van der Waals surface area (Å²) in [6.07, 6.45) is 0. The molecule has 4 rings (SSSR count). The van der Waals surface area contributed by atoms with Crippen LogP contribution in [0.15, 0.2) is 66.7 Å². The Balaban J connectivity index is 1.83. The smallest absolute Gasteiger partial charge is 0.229 e. The van der Waals surface area contributed by atoms with Crippen LogP contribution < -0.4 is 5.32 Å². The molecule has 128 valence electrons. The fourth-order valence-electron chi connectivity index (χ4n) is 2.66. The quantitative estimate of drug-likeness (QED) is 0.521. The van der Waals surface area contributed by atoms with Crippen molar-refractivity contribution in [3.8, 4) is 22.5 Å². The third kappa shape index (κ3) is 3.43. The first-order valence-electron chi connectivity index (χ1n) is 8.17. The number of aromatic amines is 1. The standard InChI is InChI=1S/C20H16ClN5/c1-13-11-19(26-25-13)24-20-22-17(14-7-3-2-4-8-14)12-18(23-20)15-9-5-6-10-16(15)21/h2-12H,1H3,(H2,22,23,24,25,26). The summed E-state index contributed by atoms with van der Waals surface area (Å²) in [6.45, 7) is 1.94. The Labute approximate surface area is 156 Å². The molecule has 6 heteroatoms. The number of halogens is 1. The van der Waals surface area contributed by atoms with Crippen molar-refractivity contribution in [3.05, 3.63) is 77.4 Å². The second-order valence-electron chi connectivity index (χ2n) is 5.87. The Kier molecular flexibility index (Phi) is 4.37. The van der Waals surface area contributed by atoms with E-state index in [-0.39, 0.29) is 0 Å². The summed E-state index contributed by atoms with van der Waals surface area (Å²) in [6, 6.07) is 21.5. The van der Waals surface area contributed by atoms with Gasteiger partial charge in [-0.15, -0.1) is 0 Å². The van der Waals surface area contributed by atoms with E-state index in [1.165, 1.54) is 0 Å². The van der Waals surface area contributed by atoms with Crippen molar-refractivity contribution in [2.45, 2.75) is 6.92 Å². The van der Waals surface area contributed by atoms with Crippen LogP contribution in [0.2, 0.25) is 5.02 Å². The summed E-state index contributed by atoms with van der Waals surface area (Å²) in [5, 5.41) is 10.9. The highest BCUT2D eigenvalue weighted by Gasteiger charge is 2.11. The third-order valence-corrected chi connectivity index (χ3v) is 4.22. The Bertz CT molecular complexity index is 1040. The molecule has 0 bridgehead atoms. The molecule has 0 saturated carbocycles. The van der Waals surface area contributed by atoms with Gasteiger partial charge in [0.15, 0.2) is 5.82 Å². The van der Waals surface area contributed by atoms with Gasteiger partial charge in [-0.2, -0.15) is 5.10 Å². The number of nitrogens with zero attached hydrogens (tertiary/aromatic N) is 3. The molecule has 0 aliphatic heterocycles. The number of benzene rings is 2. The monoisotopic (exact) mass is 361 g/mol. The normalized spacial score (nSPS) is 10.7. The molecule has 5 nitrogen and oxygen atoms in total. The average Bonchev–Trinajstić information content (AvgIpc) is 3.07. The van der Waals surface area contributed by atoms with Crippen molar-refractivity contribution >= 4 is 23.4 Å². The van der Waals surface area contributed by atoms with Crippen molar-refractivity contribution in [1.29, 1.82) is 0 Å². The number of H-pyrrole nitrogens is 1. The molecule has 26 heavy (non-hydrogen) atoms. The summed E-state index contributed by atoms with van der Waals surface area (Å²) >= 11 is 6.37. The molecule has 0 unspecified atom stereocenters. The van der Waals surface area contributed by atoms with E-state index in [4.69, 9.17) is 11.6 Å². The van der Waals surface area contributed by atoms with E-state index in [0.29, 0.717) is 16.8 Å². The summed E-state index contributed by atoms with van der Waals surface area (Å²) in [7, 11) is 0. The van der Waals surface area contributed by atoms with Gasteiger partial charge in [-0.25, -0.2) is 9.97 Å². The lowest BCUT2D eigenvalue weighted by Crippen LogP contribution is -2.01. The molecular formula is C20H16ClN5. The zero-order valence-corrected chi connectivity index (χ0v) is 14.8. The molecule has 0 atom stereocenters. The maximum atomic E-state index is 6.37. The molecule has 0 spiro atoms. The van der Waals surface area contributed by atoms with Gasteiger partial charge in [-0.3, -0.25) is 5.10 Å². The molecule has 0 fully saturated rings. The molecule has 0 aliphatic rings. The van der Waals surface area contributed by atoms with Crippen molar-refractivity contribution in [2.24, 2.45) is 0 Å². The first-order chi connectivity index (χ1) is 12.7. The molecule has 2 heterocycles. The van der Waals surface area contributed by atoms with Gasteiger partial charge in [0.1, 0.15) is 0 Å². The summed E-state index contributed by atoms with van der Waals surface area (Å²) in [5.74, 6) is 1.13. The lowest BCUT2D eigenvalue weighted by atomic mass is 10.1. The molecular weight excluding hydrogens is 346 g/mol. The summed E-state index contributed by atoms with van der Waals surface area (Å²) in [5.41, 5.74) is 4.38. The maximum absolute atomic E-state index is 6.37. The fourth-order valence-corrected chi connectivity index (χ4v) is 2.90. The first kappa shape index (κ1) is 16.3. The van der Waals surface area contributed by atoms with Crippen LogP contribution in [-0.2, 0) is 0 Å². The Hall–Kier alpha value is -3.18. The van der Waals surface area contributed by atoms with E-state index < -0.39 is 0 Å². The van der Waals surface area contributed by atoms with Crippen molar-refractivity contribution in [1.82, 2.24) is 20.2 Å². The second-order valence-corrected chi connectivity index (χ2v) is 6.28. The van der Waals surface area contributed by atoms with E-state index in [1.807, 2.05) is 73.7 Å². The number of nitrogens with one attached hydrogen (secondary N) is 2. The van der Waals surface area contributed by atoms with E-state index >= 15 is 0 Å². The van der Waals surface area contributed by atoms with Gasteiger partial charge in [0.25, 0.3) is 0 Å². The number of aryl methyl sites for hydroxylation is 1. The third-order valence-electron chi connectivity index (χ3n) is 3.89. The molecule has 0 amide bonds. The van der Waals surface area contributed by atoms with Crippen LogP contribution in [0.25, 0.3) is 22.5 Å². The zero-order chi connectivity index (χ0) is 17.9. The molecule has 4 aromatic rings. The van der Waals surface area contributed by atoms with E-state index in [2.05, 4.69) is 25.5 Å². The Morgan fingerprint density at radius 1 is 0.885 bits per heavy atom. The fraction of sp³-hybridized carbons (Fsp3) is 0.0500. The van der Waals surface area contributed by atoms with Crippen molar-refractivity contribution in [2.75, 3.05) is 5.32 Å². The van der Waals surface area contributed by atoms with Gasteiger partial charge < -0.3 is 5.32 Å². The molecule has 2 aromatic heterocycles. The molecule has 2 aromatic carbocycles. The average molecular weight is 362 g/mol. The first-order valence-corrected chi connectivity index (χ1v) is 8.55. The maximum Gasteiger partial charge on any atom is 0.229 e. The summed E-state index contributed by atoms with van der Waals surface area (Å²) in [4.78, 5) is 9.28. The molecule has 0 saturated heterocycles. The minimum atomic E-state index is 0.466. The number of anilines is 2. The lowest BCUT2D eigenvalue weighted by molar-refractivity contribution is 1.04. The highest BCUT2D eigenvalue weighted by Crippen LogP contribution is 2.30. The minimum absolute atomic E-state index is 0.466. The summed E-state index contributed by atoms with van der Waals surface area (Å²) < 4.78 is 0. The van der Waals surface area contributed by atoms with Gasteiger partial charge in [-0.05, 0) is 19.1 Å². The van der Waals surface area contributed by atoms with Crippen molar-refractivity contribution in [3.63, 3.8) is 0 Å². The lowest BCUT2D eigenvalue weighted by Gasteiger charge is -2.10. The van der Waals surface area contributed by atoms with Crippen LogP contribution in [0.4, 0.5) is 11.8 Å². The van der Waals surface area contributed by atoms with Crippen LogP contribution in [0.1, 0.15) is 5.69 Å². The van der Waals surface area contributed by atoms with Crippen LogP contribution in [0.3, 0.4) is 0 Å². The van der Waals surface area contributed by atoms with Crippen LogP contribution in [-0.4, -0.2) is 20.2 Å². The highest BCUT2D eigenvalue weighted by molar-refractivity contribution is 6.33. The molecule has 2 N–H and O–H groups in total. The molecule has 0 radical (unpaired) electrons. The number of aromatic nitrogens is 4. The van der Waals surface area contributed by atoms with Gasteiger partial charge in [0.05, 0.1) is 11.4 Å².